The lowest BCUT2D eigenvalue weighted by Crippen LogP contribution is -2.14. The van der Waals surface area contributed by atoms with Crippen LogP contribution in [0, 0.1) is 0 Å². The molecule has 0 radical (unpaired) electrons. The van der Waals surface area contributed by atoms with Crippen LogP contribution >= 0.6 is 22.7 Å². The maximum absolute atomic E-state index is 12.2. The van der Waals surface area contributed by atoms with Gasteiger partial charge in [0, 0.05) is 17.1 Å². The summed E-state index contributed by atoms with van der Waals surface area (Å²) in [5.74, 6) is -0.309. The van der Waals surface area contributed by atoms with Crippen LogP contribution in [-0.4, -0.2) is 21.0 Å². The van der Waals surface area contributed by atoms with Gasteiger partial charge in [-0.1, -0.05) is 6.07 Å². The van der Waals surface area contributed by atoms with E-state index in [1.54, 1.807) is 29.0 Å². The molecule has 2 N–H and O–H groups in total. The first-order valence-corrected chi connectivity index (χ1v) is 7.88. The molecule has 3 aromatic rings. The van der Waals surface area contributed by atoms with Crippen LogP contribution in [0.1, 0.15) is 16.1 Å². The summed E-state index contributed by atoms with van der Waals surface area (Å²) in [6.45, 7) is -0.157. The lowest BCUT2D eigenvalue weighted by atomic mass is 10.2. The predicted molar refractivity (Wildman–Crippen MR) is 83.5 cm³/mol. The minimum atomic E-state index is -0.309. The zero-order chi connectivity index (χ0) is 14.7. The number of aliphatic hydroxyl groups is 1. The number of aliphatic hydroxyl groups excluding tert-OH is 1. The van der Waals surface area contributed by atoms with Crippen molar-refractivity contribution < 1.29 is 9.90 Å². The van der Waals surface area contributed by atoms with Crippen molar-refractivity contribution in [3.05, 3.63) is 52.6 Å². The molecular weight excluding hydrogens is 306 g/mol. The third-order valence-corrected chi connectivity index (χ3v) is 4.68. The molecule has 7 heteroatoms. The number of thiazole rings is 1. The first-order chi connectivity index (χ1) is 10.3. The van der Waals surface area contributed by atoms with Crippen molar-refractivity contribution in [1.29, 1.82) is 0 Å². The molecule has 21 heavy (non-hydrogen) atoms. The van der Waals surface area contributed by atoms with Gasteiger partial charge in [0.2, 0.25) is 0 Å². The van der Waals surface area contributed by atoms with Crippen molar-refractivity contribution >= 4 is 34.3 Å². The van der Waals surface area contributed by atoms with Crippen LogP contribution in [0.5, 0.6) is 0 Å². The summed E-state index contributed by atoms with van der Waals surface area (Å²) in [6.07, 6.45) is 3.08. The van der Waals surface area contributed by atoms with Crippen molar-refractivity contribution in [2.45, 2.75) is 6.61 Å². The second-order valence-corrected chi connectivity index (χ2v) is 5.97. The van der Waals surface area contributed by atoms with E-state index in [1.165, 1.54) is 17.5 Å². The van der Waals surface area contributed by atoms with E-state index >= 15 is 0 Å². The zero-order valence-electron chi connectivity index (χ0n) is 10.8. The highest BCUT2D eigenvalue weighted by atomic mass is 32.1. The Morgan fingerprint density at radius 3 is 3.00 bits per heavy atom. The molecule has 3 heterocycles. The van der Waals surface area contributed by atoms with Crippen molar-refractivity contribution in [3.8, 4) is 9.88 Å². The number of nitrogens with one attached hydrogen (secondary N) is 1. The number of pyridine rings is 1. The van der Waals surface area contributed by atoms with E-state index in [0.717, 1.165) is 9.88 Å². The number of amides is 1. The van der Waals surface area contributed by atoms with Gasteiger partial charge in [0.15, 0.2) is 0 Å². The monoisotopic (exact) mass is 317 g/mol. The SMILES string of the molecule is O=C(Nc1cnccc1CO)c1csc(-c2cccs2)n1. The highest BCUT2D eigenvalue weighted by Crippen LogP contribution is 2.28. The topological polar surface area (TPSA) is 75.1 Å². The number of thiophene rings is 1. The second-order valence-electron chi connectivity index (χ2n) is 4.16. The Morgan fingerprint density at radius 1 is 1.33 bits per heavy atom. The first-order valence-electron chi connectivity index (χ1n) is 6.12. The molecule has 1 amide bonds. The second kappa shape index (κ2) is 6.13. The summed E-state index contributed by atoms with van der Waals surface area (Å²) < 4.78 is 0. The highest BCUT2D eigenvalue weighted by Gasteiger charge is 2.14. The third kappa shape index (κ3) is 2.99. The van der Waals surface area contributed by atoms with Gasteiger partial charge in [0.25, 0.3) is 5.91 Å². The molecule has 0 aliphatic heterocycles. The number of hydrogen-bond acceptors (Lipinski definition) is 6. The highest BCUT2D eigenvalue weighted by molar-refractivity contribution is 7.20. The summed E-state index contributed by atoms with van der Waals surface area (Å²) in [6, 6.07) is 5.58. The smallest absolute Gasteiger partial charge is 0.275 e. The van der Waals surface area contributed by atoms with Crippen LogP contribution in [0.2, 0.25) is 0 Å². The van der Waals surface area contributed by atoms with E-state index in [2.05, 4.69) is 15.3 Å². The molecule has 3 aromatic heterocycles. The number of carbonyl (C=O) groups excluding carboxylic acids is 1. The van der Waals surface area contributed by atoms with Crippen LogP contribution < -0.4 is 5.32 Å². The van der Waals surface area contributed by atoms with E-state index < -0.39 is 0 Å². The molecule has 5 nitrogen and oxygen atoms in total. The molecule has 3 rings (SSSR count). The van der Waals surface area contributed by atoms with Crippen molar-refractivity contribution in [2.75, 3.05) is 5.32 Å². The molecule has 0 saturated heterocycles. The van der Waals surface area contributed by atoms with Gasteiger partial charge in [0.05, 0.1) is 23.4 Å². The number of carbonyl (C=O) groups is 1. The maximum atomic E-state index is 12.2. The summed E-state index contributed by atoms with van der Waals surface area (Å²) in [4.78, 5) is 21.5. The maximum Gasteiger partial charge on any atom is 0.275 e. The quantitative estimate of drug-likeness (QED) is 0.775. The molecule has 0 aliphatic rings. The summed E-state index contributed by atoms with van der Waals surface area (Å²) in [5, 5.41) is 16.5. The summed E-state index contributed by atoms with van der Waals surface area (Å²) >= 11 is 3.01. The summed E-state index contributed by atoms with van der Waals surface area (Å²) in [7, 11) is 0. The van der Waals surface area contributed by atoms with Crippen LogP contribution in [0.3, 0.4) is 0 Å². The summed E-state index contributed by atoms with van der Waals surface area (Å²) in [5.41, 5.74) is 1.47. The van der Waals surface area contributed by atoms with Crippen LogP contribution in [0.25, 0.3) is 9.88 Å². The lowest BCUT2D eigenvalue weighted by Gasteiger charge is -2.06. The average molecular weight is 317 g/mol. The minimum Gasteiger partial charge on any atom is -0.392 e. The number of nitrogens with zero attached hydrogens (tertiary/aromatic N) is 2. The number of rotatable bonds is 4. The Balaban J connectivity index is 1.80. The van der Waals surface area contributed by atoms with Gasteiger partial charge < -0.3 is 10.4 Å². The molecule has 106 valence electrons. The van der Waals surface area contributed by atoms with Crippen LogP contribution in [0.4, 0.5) is 5.69 Å². The molecule has 0 saturated carbocycles. The largest absolute Gasteiger partial charge is 0.392 e. The van der Waals surface area contributed by atoms with Gasteiger partial charge in [-0.05, 0) is 17.5 Å². The fourth-order valence-electron chi connectivity index (χ4n) is 1.75. The normalized spacial score (nSPS) is 10.5. The van der Waals surface area contributed by atoms with Crippen molar-refractivity contribution in [1.82, 2.24) is 9.97 Å². The minimum absolute atomic E-state index is 0.157. The van der Waals surface area contributed by atoms with E-state index in [4.69, 9.17) is 0 Å². The number of aromatic nitrogens is 2. The molecule has 0 aromatic carbocycles. The Hall–Kier alpha value is -2.09. The molecule has 0 bridgehead atoms. The molecule has 0 spiro atoms. The average Bonchev–Trinajstić information content (AvgIpc) is 3.18. The Bertz CT molecular complexity index is 753. The van der Waals surface area contributed by atoms with E-state index in [-0.39, 0.29) is 12.5 Å². The molecule has 0 atom stereocenters. The Morgan fingerprint density at radius 2 is 2.24 bits per heavy atom. The molecule has 0 aliphatic carbocycles. The fraction of sp³-hybridized carbons (Fsp3) is 0.0714. The molecular formula is C14H11N3O2S2. The van der Waals surface area contributed by atoms with Gasteiger partial charge in [-0.25, -0.2) is 4.98 Å². The van der Waals surface area contributed by atoms with Gasteiger partial charge in [-0.15, -0.1) is 22.7 Å². The Labute approximate surface area is 129 Å². The standard InChI is InChI=1S/C14H11N3O2S2/c18-7-9-3-4-15-6-10(9)16-13(19)11-8-21-14(17-11)12-2-1-5-20-12/h1-6,8,18H,7H2,(H,16,19). The lowest BCUT2D eigenvalue weighted by molar-refractivity contribution is 0.102. The van der Waals surface area contributed by atoms with Gasteiger partial charge >= 0.3 is 0 Å². The van der Waals surface area contributed by atoms with Gasteiger partial charge in [-0.2, -0.15) is 0 Å². The van der Waals surface area contributed by atoms with Crippen molar-refractivity contribution in [2.24, 2.45) is 0 Å². The van der Waals surface area contributed by atoms with E-state index in [0.29, 0.717) is 16.9 Å². The van der Waals surface area contributed by atoms with Gasteiger partial charge in [0.1, 0.15) is 10.7 Å². The molecule has 0 unspecified atom stereocenters. The Kier molecular flexibility index (Phi) is 4.05. The number of anilines is 1. The van der Waals surface area contributed by atoms with Gasteiger partial charge in [-0.3, -0.25) is 9.78 Å². The molecule has 0 fully saturated rings. The van der Waals surface area contributed by atoms with Crippen LogP contribution in [-0.2, 0) is 6.61 Å². The number of hydrogen-bond donors (Lipinski definition) is 2. The fourth-order valence-corrected chi connectivity index (χ4v) is 3.37. The van der Waals surface area contributed by atoms with E-state index in [9.17, 15) is 9.90 Å². The first kappa shape index (κ1) is 13.9. The van der Waals surface area contributed by atoms with E-state index in [1.807, 2.05) is 17.5 Å². The van der Waals surface area contributed by atoms with Crippen LogP contribution in [0.15, 0.2) is 41.4 Å². The third-order valence-electron chi connectivity index (χ3n) is 2.80. The predicted octanol–water partition coefficient (Wildman–Crippen LogP) is 3.01. The van der Waals surface area contributed by atoms with Crippen molar-refractivity contribution in [3.63, 3.8) is 0 Å². The zero-order valence-corrected chi connectivity index (χ0v) is 12.4.